The lowest BCUT2D eigenvalue weighted by Crippen LogP contribution is -2.57. The van der Waals surface area contributed by atoms with Crippen LogP contribution in [0.3, 0.4) is 0 Å². The molecule has 0 bridgehead atoms. The van der Waals surface area contributed by atoms with Gasteiger partial charge in [-0.2, -0.15) is 0 Å². The summed E-state index contributed by atoms with van der Waals surface area (Å²) in [6, 6.07) is 0.897. The van der Waals surface area contributed by atoms with Crippen molar-refractivity contribution in [2.24, 2.45) is 0 Å². The highest BCUT2D eigenvalue weighted by atomic mass is 16.4. The van der Waals surface area contributed by atoms with E-state index < -0.39 is 17.9 Å². The molecule has 0 radical (unpaired) electrons. The molecule has 102 valence electrons. The van der Waals surface area contributed by atoms with E-state index in [9.17, 15) is 14.4 Å². The fraction of sp³-hybridized carbons (Fsp3) is 0.417. The molecule has 1 aliphatic heterocycles. The first kappa shape index (κ1) is 13.3. The van der Waals surface area contributed by atoms with Gasteiger partial charge in [-0.15, -0.1) is 0 Å². The van der Waals surface area contributed by atoms with Crippen LogP contribution >= 0.6 is 0 Å². The third-order valence-corrected chi connectivity index (χ3v) is 3.06. The Bertz CT molecular complexity index is 522. The fourth-order valence-corrected chi connectivity index (χ4v) is 2.17. The first-order chi connectivity index (χ1) is 9.02. The summed E-state index contributed by atoms with van der Waals surface area (Å²) in [5.74, 6) is -1.60. The molecule has 1 unspecified atom stereocenters. The second kappa shape index (κ2) is 5.23. The van der Waals surface area contributed by atoms with Crippen LogP contribution in [0, 0.1) is 0 Å². The quantitative estimate of drug-likeness (QED) is 0.756. The average molecular weight is 266 g/mol. The second-order valence-corrected chi connectivity index (χ2v) is 4.30. The van der Waals surface area contributed by atoms with Crippen molar-refractivity contribution in [3.63, 3.8) is 0 Å². The number of aromatic carboxylic acids is 1. The van der Waals surface area contributed by atoms with Crippen molar-refractivity contribution in [3.8, 4) is 0 Å². The Morgan fingerprint density at radius 2 is 2.32 bits per heavy atom. The predicted molar refractivity (Wildman–Crippen MR) is 63.3 cm³/mol. The van der Waals surface area contributed by atoms with Crippen LogP contribution in [0.5, 0.6) is 0 Å². The van der Waals surface area contributed by atoms with E-state index in [0.29, 0.717) is 6.42 Å². The number of nitrogens with zero attached hydrogens (tertiary/aromatic N) is 1. The van der Waals surface area contributed by atoms with Crippen molar-refractivity contribution < 1.29 is 23.9 Å². The van der Waals surface area contributed by atoms with Crippen molar-refractivity contribution in [3.05, 3.63) is 23.7 Å². The molecule has 0 aromatic carbocycles. The highest BCUT2D eigenvalue weighted by Crippen LogP contribution is 2.18. The van der Waals surface area contributed by atoms with Gasteiger partial charge in [-0.1, -0.05) is 6.92 Å². The molecule has 1 saturated heterocycles. The van der Waals surface area contributed by atoms with Crippen LogP contribution in [-0.4, -0.2) is 40.4 Å². The molecule has 2 N–H and O–H groups in total. The Labute approximate surface area is 109 Å². The molecule has 0 spiro atoms. The molecule has 7 heteroatoms. The van der Waals surface area contributed by atoms with Gasteiger partial charge in [-0.3, -0.25) is 19.8 Å². The van der Waals surface area contributed by atoms with Crippen LogP contribution in [-0.2, 0) is 16.1 Å². The van der Waals surface area contributed by atoms with Crippen molar-refractivity contribution in [1.29, 1.82) is 0 Å². The van der Waals surface area contributed by atoms with Gasteiger partial charge < -0.3 is 9.52 Å². The van der Waals surface area contributed by atoms with E-state index >= 15 is 0 Å². The number of nitrogens with one attached hydrogen (secondary N) is 1. The van der Waals surface area contributed by atoms with Crippen molar-refractivity contribution in [1.82, 2.24) is 10.2 Å². The maximum atomic E-state index is 11.7. The number of imide groups is 1. The molecular formula is C12H14N2O5. The first-order valence-electron chi connectivity index (χ1n) is 5.90. The summed E-state index contributed by atoms with van der Waals surface area (Å²) in [4.78, 5) is 35.6. The molecule has 1 aromatic rings. The van der Waals surface area contributed by atoms with Gasteiger partial charge >= 0.3 is 5.97 Å². The van der Waals surface area contributed by atoms with Gasteiger partial charge in [0.25, 0.3) is 0 Å². The molecule has 2 amide bonds. The van der Waals surface area contributed by atoms with Gasteiger partial charge in [0.1, 0.15) is 11.3 Å². The Morgan fingerprint density at radius 3 is 2.95 bits per heavy atom. The van der Waals surface area contributed by atoms with Crippen LogP contribution in [0.1, 0.15) is 29.5 Å². The largest absolute Gasteiger partial charge is 0.478 e. The van der Waals surface area contributed by atoms with E-state index in [-0.39, 0.29) is 30.3 Å². The molecule has 0 aliphatic carbocycles. The van der Waals surface area contributed by atoms with Crippen LogP contribution in [0.15, 0.2) is 16.7 Å². The summed E-state index contributed by atoms with van der Waals surface area (Å²) < 4.78 is 5.13. The Hall–Kier alpha value is -2.15. The summed E-state index contributed by atoms with van der Waals surface area (Å²) >= 11 is 0. The number of hydrogen-bond donors (Lipinski definition) is 2. The van der Waals surface area contributed by atoms with E-state index in [4.69, 9.17) is 9.52 Å². The van der Waals surface area contributed by atoms with E-state index in [0.717, 1.165) is 0 Å². The zero-order valence-electron chi connectivity index (χ0n) is 10.4. The fourth-order valence-electron chi connectivity index (χ4n) is 2.17. The van der Waals surface area contributed by atoms with E-state index in [1.54, 1.807) is 4.90 Å². The van der Waals surface area contributed by atoms with Crippen LogP contribution < -0.4 is 5.32 Å². The number of carbonyl (C=O) groups excluding carboxylic acids is 2. The van der Waals surface area contributed by atoms with Gasteiger partial charge in [0.2, 0.25) is 11.8 Å². The summed E-state index contributed by atoms with van der Waals surface area (Å²) in [6.45, 7) is 1.99. The van der Waals surface area contributed by atoms with E-state index in [2.05, 4.69) is 5.32 Å². The van der Waals surface area contributed by atoms with Crippen LogP contribution in [0.25, 0.3) is 0 Å². The second-order valence-electron chi connectivity index (χ2n) is 4.30. The number of carboxylic acids is 1. The standard InChI is InChI=1S/C12H14N2O5/c1-2-8-11(16)13-10(15)6-14(8)5-9-7(12(17)18)3-4-19-9/h3-4,8H,2,5-6H2,1H3,(H,17,18)(H,13,15,16). The topological polar surface area (TPSA) is 99.9 Å². The molecular weight excluding hydrogens is 252 g/mol. The van der Waals surface area contributed by atoms with Gasteiger partial charge in [-0.05, 0) is 12.5 Å². The summed E-state index contributed by atoms with van der Waals surface area (Å²) in [5.41, 5.74) is 0.0493. The SMILES string of the molecule is CCC1C(=O)NC(=O)CN1Cc1occc1C(=O)O. The Morgan fingerprint density at radius 1 is 1.58 bits per heavy atom. The van der Waals surface area contributed by atoms with Gasteiger partial charge in [0.05, 0.1) is 25.4 Å². The molecule has 2 rings (SSSR count). The Kier molecular flexibility index (Phi) is 3.66. The normalized spacial score (nSPS) is 20.4. The summed E-state index contributed by atoms with van der Waals surface area (Å²) in [6.07, 6.45) is 1.81. The third kappa shape index (κ3) is 2.65. The van der Waals surface area contributed by atoms with Crippen molar-refractivity contribution in [2.75, 3.05) is 6.54 Å². The maximum Gasteiger partial charge on any atom is 0.339 e. The number of amides is 2. The molecule has 7 nitrogen and oxygen atoms in total. The molecule has 1 fully saturated rings. The Balaban J connectivity index is 2.20. The molecule has 2 heterocycles. The lowest BCUT2D eigenvalue weighted by atomic mass is 10.1. The van der Waals surface area contributed by atoms with Crippen LogP contribution in [0.4, 0.5) is 0 Å². The molecule has 19 heavy (non-hydrogen) atoms. The molecule has 1 aliphatic rings. The molecule has 1 atom stereocenters. The van der Waals surface area contributed by atoms with E-state index in [1.807, 2.05) is 6.92 Å². The van der Waals surface area contributed by atoms with Gasteiger partial charge in [0, 0.05) is 0 Å². The van der Waals surface area contributed by atoms with Crippen LogP contribution in [0.2, 0.25) is 0 Å². The highest BCUT2D eigenvalue weighted by Gasteiger charge is 2.33. The van der Waals surface area contributed by atoms with Gasteiger partial charge in [0.15, 0.2) is 0 Å². The smallest absolute Gasteiger partial charge is 0.339 e. The number of piperazine rings is 1. The van der Waals surface area contributed by atoms with Crippen molar-refractivity contribution in [2.45, 2.75) is 25.9 Å². The monoisotopic (exact) mass is 266 g/mol. The van der Waals surface area contributed by atoms with Crippen molar-refractivity contribution >= 4 is 17.8 Å². The predicted octanol–water partition coefficient (Wildman–Crippen LogP) is 0.215. The minimum Gasteiger partial charge on any atom is -0.478 e. The minimum absolute atomic E-state index is 0.0456. The number of carboxylic acid groups (broad SMARTS) is 1. The summed E-state index contributed by atoms with van der Waals surface area (Å²) in [5, 5.41) is 11.2. The number of rotatable bonds is 4. The third-order valence-electron chi connectivity index (χ3n) is 3.06. The molecule has 1 aromatic heterocycles. The number of carbonyl (C=O) groups is 3. The molecule has 0 saturated carbocycles. The highest BCUT2D eigenvalue weighted by molar-refractivity contribution is 6.01. The average Bonchev–Trinajstić information content (AvgIpc) is 2.76. The zero-order chi connectivity index (χ0) is 14.0. The summed E-state index contributed by atoms with van der Waals surface area (Å²) in [7, 11) is 0. The lowest BCUT2D eigenvalue weighted by molar-refractivity contribution is -0.140. The maximum absolute atomic E-state index is 11.7. The first-order valence-corrected chi connectivity index (χ1v) is 5.90. The zero-order valence-corrected chi connectivity index (χ0v) is 10.4. The minimum atomic E-state index is -1.09. The van der Waals surface area contributed by atoms with E-state index in [1.165, 1.54) is 12.3 Å². The number of furan rings is 1. The lowest BCUT2D eigenvalue weighted by Gasteiger charge is -2.32. The number of hydrogen-bond acceptors (Lipinski definition) is 5. The van der Waals surface area contributed by atoms with Gasteiger partial charge in [-0.25, -0.2) is 4.79 Å².